The van der Waals surface area contributed by atoms with Crippen molar-refractivity contribution in [2.45, 2.75) is 72.1 Å². The second-order valence-electron chi connectivity index (χ2n) is 9.66. The van der Waals surface area contributed by atoms with E-state index in [1.54, 1.807) is 12.1 Å². The quantitative estimate of drug-likeness (QED) is 0.621. The van der Waals surface area contributed by atoms with E-state index in [0.29, 0.717) is 16.8 Å². The Morgan fingerprint density at radius 3 is 1.50 bits per heavy atom. The van der Waals surface area contributed by atoms with Gasteiger partial charge in [0.1, 0.15) is 11.5 Å². The molecule has 0 bridgehead atoms. The Morgan fingerprint density at radius 1 is 0.786 bits per heavy atom. The van der Waals surface area contributed by atoms with Gasteiger partial charge in [0.05, 0.1) is 10.6 Å². The van der Waals surface area contributed by atoms with Crippen LogP contribution in [0.4, 0.5) is 0 Å². The van der Waals surface area contributed by atoms with Gasteiger partial charge in [-0.05, 0) is 29.4 Å². The summed E-state index contributed by atoms with van der Waals surface area (Å²) in [6, 6.07) is 11.0. The van der Waals surface area contributed by atoms with Crippen molar-refractivity contribution in [2.24, 2.45) is 0 Å². The van der Waals surface area contributed by atoms with Crippen LogP contribution in [0, 0.1) is 0 Å². The summed E-state index contributed by atoms with van der Waals surface area (Å²) >= 11 is 0. The summed E-state index contributed by atoms with van der Waals surface area (Å²) in [5.41, 5.74) is 0.997. The molecule has 0 fully saturated rings. The molecule has 0 saturated heterocycles. The van der Waals surface area contributed by atoms with Gasteiger partial charge in [-0.3, -0.25) is 0 Å². The first kappa shape index (κ1) is 22.6. The van der Waals surface area contributed by atoms with Crippen LogP contribution >= 0.6 is 7.14 Å². The maximum atomic E-state index is 14.5. The van der Waals surface area contributed by atoms with Crippen LogP contribution in [-0.4, -0.2) is 16.4 Å². The monoisotopic (exact) mass is 402 g/mol. The molecule has 0 aliphatic rings. The summed E-state index contributed by atoms with van der Waals surface area (Å²) in [5, 5.41) is 23.1. The molecule has 0 atom stereocenters. The van der Waals surface area contributed by atoms with Gasteiger partial charge in [0.25, 0.3) is 0 Å². The standard InChI is InChI=1S/C24H35O3P/c1-8-9-16-28(27,19-14-10-12-17(21(19)25)23(2,3)4)20-15-11-13-18(22(20)26)24(5,6)7/h10-15,25-26H,8-9,16H2,1-7H3. The Hall–Kier alpha value is -1.73. The first-order chi connectivity index (χ1) is 12.8. The molecule has 0 aliphatic heterocycles. The molecule has 154 valence electrons. The molecule has 28 heavy (non-hydrogen) atoms. The number of rotatable bonds is 5. The third-order valence-electron chi connectivity index (χ3n) is 5.25. The molecular weight excluding hydrogens is 367 g/mol. The molecule has 2 N–H and O–H groups in total. The van der Waals surface area contributed by atoms with Crippen LogP contribution < -0.4 is 10.6 Å². The minimum absolute atomic E-state index is 0.0926. The molecular formula is C24H35O3P. The van der Waals surface area contributed by atoms with E-state index in [4.69, 9.17) is 0 Å². The normalized spacial score (nSPS) is 13.0. The lowest BCUT2D eigenvalue weighted by Gasteiger charge is -2.28. The molecule has 2 aromatic rings. The number of hydrogen-bond donors (Lipinski definition) is 2. The number of benzene rings is 2. The molecule has 0 saturated carbocycles. The molecule has 4 heteroatoms. The summed E-state index contributed by atoms with van der Waals surface area (Å²) in [6.45, 7) is 14.2. The van der Waals surface area contributed by atoms with E-state index in [2.05, 4.69) is 6.92 Å². The van der Waals surface area contributed by atoms with Crippen LogP contribution in [0.2, 0.25) is 0 Å². The van der Waals surface area contributed by atoms with Crippen LogP contribution in [0.1, 0.15) is 72.4 Å². The van der Waals surface area contributed by atoms with Gasteiger partial charge < -0.3 is 14.8 Å². The van der Waals surface area contributed by atoms with E-state index in [1.807, 2.05) is 65.8 Å². The third kappa shape index (κ3) is 4.30. The third-order valence-corrected chi connectivity index (χ3v) is 8.47. The van der Waals surface area contributed by atoms with Gasteiger partial charge in [0.2, 0.25) is 0 Å². The van der Waals surface area contributed by atoms with Crippen LogP contribution in [-0.2, 0) is 15.4 Å². The van der Waals surface area contributed by atoms with E-state index >= 15 is 0 Å². The molecule has 2 aromatic carbocycles. The first-order valence-electron chi connectivity index (χ1n) is 10.1. The highest BCUT2D eigenvalue weighted by Gasteiger charge is 2.35. The molecule has 0 heterocycles. The number of para-hydroxylation sites is 2. The lowest BCUT2D eigenvalue weighted by molar-refractivity contribution is 0.449. The fourth-order valence-electron chi connectivity index (χ4n) is 3.61. The van der Waals surface area contributed by atoms with E-state index in [-0.39, 0.29) is 22.3 Å². The second-order valence-corrected chi connectivity index (χ2v) is 12.6. The largest absolute Gasteiger partial charge is 0.507 e. The molecule has 0 aliphatic carbocycles. The highest BCUT2D eigenvalue weighted by atomic mass is 31.2. The minimum atomic E-state index is -3.21. The topological polar surface area (TPSA) is 57.5 Å². The van der Waals surface area contributed by atoms with Crippen molar-refractivity contribution in [3.8, 4) is 11.5 Å². The van der Waals surface area contributed by atoms with Crippen LogP contribution in [0.3, 0.4) is 0 Å². The minimum Gasteiger partial charge on any atom is -0.507 e. The van der Waals surface area contributed by atoms with Crippen molar-refractivity contribution in [3.63, 3.8) is 0 Å². The van der Waals surface area contributed by atoms with E-state index in [1.165, 1.54) is 0 Å². The smallest absolute Gasteiger partial charge is 0.150 e. The molecule has 3 nitrogen and oxygen atoms in total. The predicted octanol–water partition coefficient (Wildman–Crippen LogP) is 5.81. The molecule has 0 amide bonds. The zero-order valence-corrected chi connectivity index (χ0v) is 19.2. The Balaban J connectivity index is 2.80. The Morgan fingerprint density at radius 2 is 1.18 bits per heavy atom. The van der Waals surface area contributed by atoms with Gasteiger partial charge in [-0.2, -0.15) is 0 Å². The number of phenols is 2. The summed E-state index contributed by atoms with van der Waals surface area (Å²) in [7, 11) is -3.21. The lowest BCUT2D eigenvalue weighted by Crippen LogP contribution is -2.24. The van der Waals surface area contributed by atoms with Crippen LogP contribution in [0.25, 0.3) is 0 Å². The number of hydrogen-bond acceptors (Lipinski definition) is 3. The zero-order chi connectivity index (χ0) is 21.3. The van der Waals surface area contributed by atoms with Crippen LogP contribution in [0.5, 0.6) is 11.5 Å². The number of phenolic OH excluding ortho intramolecular Hbond substituents is 2. The van der Waals surface area contributed by atoms with Crippen molar-refractivity contribution in [1.82, 2.24) is 0 Å². The van der Waals surface area contributed by atoms with Crippen molar-refractivity contribution < 1.29 is 14.8 Å². The number of unbranched alkanes of at least 4 members (excludes halogenated alkanes) is 1. The second kappa shape index (κ2) is 7.95. The van der Waals surface area contributed by atoms with E-state index in [0.717, 1.165) is 24.0 Å². The Labute approximate surface area is 170 Å². The van der Waals surface area contributed by atoms with Crippen LogP contribution in [0.15, 0.2) is 36.4 Å². The molecule has 0 radical (unpaired) electrons. The maximum absolute atomic E-state index is 14.5. The van der Waals surface area contributed by atoms with Gasteiger partial charge in [-0.25, -0.2) is 0 Å². The lowest BCUT2D eigenvalue weighted by atomic mass is 9.86. The van der Waals surface area contributed by atoms with Gasteiger partial charge in [-0.15, -0.1) is 0 Å². The summed E-state index contributed by atoms with van der Waals surface area (Å²) < 4.78 is 14.5. The summed E-state index contributed by atoms with van der Waals surface area (Å²) in [6.07, 6.45) is 2.07. The van der Waals surface area contributed by atoms with Gasteiger partial charge in [0, 0.05) is 17.3 Å². The maximum Gasteiger partial charge on any atom is 0.150 e. The first-order valence-corrected chi connectivity index (χ1v) is 12.0. The Kier molecular flexibility index (Phi) is 6.40. The van der Waals surface area contributed by atoms with E-state index in [9.17, 15) is 14.8 Å². The van der Waals surface area contributed by atoms with E-state index < -0.39 is 7.14 Å². The molecule has 2 rings (SSSR count). The average Bonchev–Trinajstić information content (AvgIpc) is 2.58. The van der Waals surface area contributed by atoms with Gasteiger partial charge in [0.15, 0.2) is 7.14 Å². The fraction of sp³-hybridized carbons (Fsp3) is 0.500. The SMILES string of the molecule is CCCCP(=O)(c1cccc(C(C)(C)C)c1O)c1cccc(C(C)(C)C)c1O. The summed E-state index contributed by atoms with van der Waals surface area (Å²) in [5.74, 6) is 0.185. The van der Waals surface area contributed by atoms with Gasteiger partial charge in [-0.1, -0.05) is 79.2 Å². The molecule has 0 aromatic heterocycles. The highest BCUT2D eigenvalue weighted by molar-refractivity contribution is 7.79. The van der Waals surface area contributed by atoms with Crippen molar-refractivity contribution in [1.29, 1.82) is 0 Å². The average molecular weight is 403 g/mol. The van der Waals surface area contributed by atoms with Gasteiger partial charge >= 0.3 is 0 Å². The predicted molar refractivity (Wildman–Crippen MR) is 120 cm³/mol. The molecule has 0 unspecified atom stereocenters. The zero-order valence-electron chi connectivity index (χ0n) is 18.3. The van der Waals surface area contributed by atoms with Crippen molar-refractivity contribution >= 4 is 17.8 Å². The Bertz CT molecular complexity index is 818. The van der Waals surface area contributed by atoms with Crippen molar-refractivity contribution in [3.05, 3.63) is 47.5 Å². The number of aromatic hydroxyl groups is 2. The highest BCUT2D eigenvalue weighted by Crippen LogP contribution is 2.51. The molecule has 0 spiro atoms. The van der Waals surface area contributed by atoms with Crippen molar-refractivity contribution in [2.75, 3.05) is 6.16 Å². The fourth-order valence-corrected chi connectivity index (χ4v) is 6.69. The summed E-state index contributed by atoms with van der Waals surface area (Å²) in [4.78, 5) is 0.